The molecule has 0 radical (unpaired) electrons. The fraction of sp³-hybridized carbons (Fsp3) is 0.0833. The SMILES string of the molecule is COc1ccc2nc3cc(Br)ccn3c2c1. The molecule has 3 aromatic rings. The van der Waals surface area contributed by atoms with Crippen LogP contribution in [0, 0.1) is 0 Å². The largest absolute Gasteiger partial charge is 0.497 e. The zero-order valence-electron chi connectivity index (χ0n) is 8.64. The Morgan fingerprint density at radius 1 is 1.25 bits per heavy atom. The highest BCUT2D eigenvalue weighted by atomic mass is 79.9. The smallest absolute Gasteiger partial charge is 0.139 e. The Morgan fingerprint density at radius 3 is 2.94 bits per heavy atom. The summed E-state index contributed by atoms with van der Waals surface area (Å²) in [5.74, 6) is 0.845. The molecule has 0 bridgehead atoms. The zero-order valence-corrected chi connectivity index (χ0v) is 10.2. The average Bonchev–Trinajstić information content (AvgIpc) is 2.65. The summed E-state index contributed by atoms with van der Waals surface area (Å²) in [6.45, 7) is 0. The number of benzene rings is 1. The number of nitrogens with zero attached hydrogens (tertiary/aromatic N) is 2. The lowest BCUT2D eigenvalue weighted by Crippen LogP contribution is -1.85. The van der Waals surface area contributed by atoms with Crippen molar-refractivity contribution in [2.75, 3.05) is 7.11 Å². The van der Waals surface area contributed by atoms with E-state index in [9.17, 15) is 0 Å². The van der Waals surface area contributed by atoms with Crippen LogP contribution in [0.5, 0.6) is 5.75 Å². The van der Waals surface area contributed by atoms with E-state index in [0.717, 1.165) is 26.9 Å². The van der Waals surface area contributed by atoms with Gasteiger partial charge in [0.05, 0.1) is 18.1 Å². The van der Waals surface area contributed by atoms with Crippen molar-refractivity contribution >= 4 is 32.6 Å². The lowest BCUT2D eigenvalue weighted by Gasteiger charge is -1.99. The monoisotopic (exact) mass is 276 g/mol. The van der Waals surface area contributed by atoms with Crippen LogP contribution in [0.1, 0.15) is 0 Å². The third kappa shape index (κ3) is 1.38. The predicted octanol–water partition coefficient (Wildman–Crippen LogP) is 3.26. The highest BCUT2D eigenvalue weighted by molar-refractivity contribution is 9.10. The van der Waals surface area contributed by atoms with Crippen molar-refractivity contribution in [3.63, 3.8) is 0 Å². The lowest BCUT2D eigenvalue weighted by atomic mass is 10.3. The highest BCUT2D eigenvalue weighted by Crippen LogP contribution is 2.23. The predicted molar refractivity (Wildman–Crippen MR) is 67.0 cm³/mol. The number of rotatable bonds is 1. The summed E-state index contributed by atoms with van der Waals surface area (Å²) in [7, 11) is 1.67. The number of fused-ring (bicyclic) bond motifs is 3. The lowest BCUT2D eigenvalue weighted by molar-refractivity contribution is 0.415. The average molecular weight is 277 g/mol. The Balaban J connectivity index is 2.42. The fourth-order valence-corrected chi connectivity index (χ4v) is 2.12. The number of imidazole rings is 1. The van der Waals surface area contributed by atoms with E-state index in [-0.39, 0.29) is 0 Å². The van der Waals surface area contributed by atoms with Crippen molar-refractivity contribution in [3.8, 4) is 5.75 Å². The molecular weight excluding hydrogens is 268 g/mol. The number of methoxy groups -OCH3 is 1. The molecule has 2 aromatic heterocycles. The van der Waals surface area contributed by atoms with Crippen molar-refractivity contribution in [2.24, 2.45) is 0 Å². The van der Waals surface area contributed by atoms with Crippen molar-refractivity contribution in [1.82, 2.24) is 9.38 Å². The van der Waals surface area contributed by atoms with Crippen molar-refractivity contribution in [1.29, 1.82) is 0 Å². The first-order valence-corrected chi connectivity index (χ1v) is 5.68. The molecule has 0 saturated heterocycles. The summed E-state index contributed by atoms with van der Waals surface area (Å²) >= 11 is 3.44. The van der Waals surface area contributed by atoms with Crippen LogP contribution in [0.15, 0.2) is 41.0 Å². The molecule has 0 spiro atoms. The van der Waals surface area contributed by atoms with E-state index < -0.39 is 0 Å². The minimum Gasteiger partial charge on any atom is -0.497 e. The molecule has 0 N–H and O–H groups in total. The van der Waals surface area contributed by atoms with Crippen LogP contribution in [0.25, 0.3) is 16.7 Å². The molecule has 0 atom stereocenters. The van der Waals surface area contributed by atoms with E-state index in [1.807, 2.05) is 40.9 Å². The van der Waals surface area contributed by atoms with Gasteiger partial charge in [0.2, 0.25) is 0 Å². The topological polar surface area (TPSA) is 26.5 Å². The molecule has 0 unspecified atom stereocenters. The molecule has 80 valence electrons. The number of pyridine rings is 1. The van der Waals surface area contributed by atoms with Gasteiger partial charge < -0.3 is 4.74 Å². The van der Waals surface area contributed by atoms with Crippen LogP contribution in [0.2, 0.25) is 0 Å². The van der Waals surface area contributed by atoms with E-state index in [1.165, 1.54) is 0 Å². The maximum Gasteiger partial charge on any atom is 0.139 e. The molecule has 0 aliphatic carbocycles. The standard InChI is InChI=1S/C12H9BrN2O/c1-16-9-2-3-10-11(7-9)15-5-4-8(13)6-12(15)14-10/h2-7H,1H3. The molecule has 0 saturated carbocycles. The maximum atomic E-state index is 5.21. The maximum absolute atomic E-state index is 5.21. The van der Waals surface area contributed by atoms with Crippen LogP contribution in [-0.4, -0.2) is 16.5 Å². The number of halogens is 1. The molecule has 3 nitrogen and oxygen atoms in total. The molecule has 1 aromatic carbocycles. The molecule has 16 heavy (non-hydrogen) atoms. The van der Waals surface area contributed by atoms with Gasteiger partial charge in [0.25, 0.3) is 0 Å². The third-order valence-corrected chi connectivity index (χ3v) is 3.07. The molecule has 2 heterocycles. The van der Waals surface area contributed by atoms with Gasteiger partial charge in [-0.25, -0.2) is 4.98 Å². The third-order valence-electron chi connectivity index (χ3n) is 2.57. The second-order valence-electron chi connectivity index (χ2n) is 3.54. The number of ether oxygens (including phenoxy) is 1. The summed E-state index contributed by atoms with van der Waals surface area (Å²) in [5.41, 5.74) is 2.96. The highest BCUT2D eigenvalue weighted by Gasteiger charge is 2.05. The van der Waals surface area contributed by atoms with Gasteiger partial charge in [-0.3, -0.25) is 4.40 Å². The van der Waals surface area contributed by atoms with Crippen molar-refractivity contribution < 1.29 is 4.74 Å². The van der Waals surface area contributed by atoms with Gasteiger partial charge in [-0.15, -0.1) is 0 Å². The Hall–Kier alpha value is -1.55. The Morgan fingerprint density at radius 2 is 2.12 bits per heavy atom. The fourth-order valence-electron chi connectivity index (χ4n) is 1.79. The van der Waals surface area contributed by atoms with Gasteiger partial charge in [0.15, 0.2) is 0 Å². The molecule has 0 aliphatic rings. The quantitative estimate of drug-likeness (QED) is 0.682. The van der Waals surface area contributed by atoms with Crippen molar-refractivity contribution in [3.05, 3.63) is 41.0 Å². The van der Waals surface area contributed by atoms with Crippen LogP contribution >= 0.6 is 15.9 Å². The number of aromatic nitrogens is 2. The van der Waals surface area contributed by atoms with Gasteiger partial charge >= 0.3 is 0 Å². The second kappa shape index (κ2) is 3.49. The van der Waals surface area contributed by atoms with Crippen LogP contribution in [0.4, 0.5) is 0 Å². The van der Waals surface area contributed by atoms with E-state index in [2.05, 4.69) is 20.9 Å². The molecule has 0 fully saturated rings. The number of hydrogen-bond acceptors (Lipinski definition) is 2. The Bertz CT molecular complexity index is 675. The number of hydrogen-bond donors (Lipinski definition) is 0. The van der Waals surface area contributed by atoms with Crippen LogP contribution < -0.4 is 4.74 Å². The minimum atomic E-state index is 0.845. The van der Waals surface area contributed by atoms with Gasteiger partial charge in [-0.1, -0.05) is 15.9 Å². The zero-order chi connectivity index (χ0) is 11.1. The Labute approximate surface area is 101 Å². The molecule has 0 aliphatic heterocycles. The van der Waals surface area contributed by atoms with E-state index >= 15 is 0 Å². The van der Waals surface area contributed by atoms with E-state index in [0.29, 0.717) is 0 Å². The normalized spacial score (nSPS) is 11.1. The summed E-state index contributed by atoms with van der Waals surface area (Å²) < 4.78 is 8.29. The van der Waals surface area contributed by atoms with Crippen LogP contribution in [-0.2, 0) is 0 Å². The molecule has 3 rings (SSSR count). The van der Waals surface area contributed by atoms with Gasteiger partial charge in [-0.2, -0.15) is 0 Å². The molecule has 4 heteroatoms. The van der Waals surface area contributed by atoms with Gasteiger partial charge in [0.1, 0.15) is 11.4 Å². The summed E-state index contributed by atoms with van der Waals surface area (Å²) in [5, 5.41) is 0. The van der Waals surface area contributed by atoms with Crippen LogP contribution in [0.3, 0.4) is 0 Å². The van der Waals surface area contributed by atoms with Gasteiger partial charge in [0, 0.05) is 16.7 Å². The molecule has 0 amide bonds. The second-order valence-corrected chi connectivity index (χ2v) is 4.46. The van der Waals surface area contributed by atoms with E-state index in [1.54, 1.807) is 7.11 Å². The first kappa shape index (κ1) is 9.66. The summed E-state index contributed by atoms with van der Waals surface area (Å²) in [6.07, 6.45) is 1.99. The van der Waals surface area contributed by atoms with Gasteiger partial charge in [-0.05, 0) is 24.3 Å². The first-order valence-electron chi connectivity index (χ1n) is 4.89. The van der Waals surface area contributed by atoms with Crippen molar-refractivity contribution in [2.45, 2.75) is 0 Å². The first-order chi connectivity index (χ1) is 7.78. The minimum absolute atomic E-state index is 0.845. The summed E-state index contributed by atoms with van der Waals surface area (Å²) in [4.78, 5) is 4.53. The molecular formula is C12H9BrN2O. The Kier molecular flexibility index (Phi) is 2.11. The summed E-state index contributed by atoms with van der Waals surface area (Å²) in [6, 6.07) is 9.86. The van der Waals surface area contributed by atoms with E-state index in [4.69, 9.17) is 4.74 Å².